The third-order valence-electron chi connectivity index (χ3n) is 3.16. The number of nitrogens with two attached hydrogens (primary N) is 1. The van der Waals surface area contributed by atoms with Crippen LogP contribution in [0.2, 0.25) is 5.15 Å². The Hall–Kier alpha value is -1.26. The molecule has 17 heavy (non-hydrogen) atoms. The molecule has 1 atom stereocenters. The van der Waals surface area contributed by atoms with E-state index in [-0.39, 0.29) is 6.04 Å². The monoisotopic (exact) mass is 251 g/mol. The second-order valence-electron chi connectivity index (χ2n) is 4.49. The number of imidazole rings is 1. The fraction of sp³-hybridized carbons (Fsp3) is 0.417. The van der Waals surface area contributed by atoms with Crippen molar-refractivity contribution in [3.8, 4) is 11.6 Å². The van der Waals surface area contributed by atoms with E-state index in [1.807, 2.05) is 19.1 Å². The predicted octanol–water partition coefficient (Wildman–Crippen LogP) is 2.38. The van der Waals surface area contributed by atoms with Gasteiger partial charge in [-0.05, 0) is 25.5 Å². The number of halogens is 1. The van der Waals surface area contributed by atoms with Crippen LogP contribution in [0.3, 0.4) is 0 Å². The van der Waals surface area contributed by atoms with Gasteiger partial charge in [0.15, 0.2) is 16.7 Å². The smallest absolute Gasteiger partial charge is 0.177 e. The number of rotatable bonds is 1. The summed E-state index contributed by atoms with van der Waals surface area (Å²) in [4.78, 5) is 4.39. The zero-order chi connectivity index (χ0) is 12.0. The quantitative estimate of drug-likeness (QED) is 0.847. The Morgan fingerprint density at radius 2 is 2.35 bits per heavy atom. The van der Waals surface area contributed by atoms with Crippen molar-refractivity contribution in [1.82, 2.24) is 9.55 Å². The summed E-state index contributed by atoms with van der Waals surface area (Å²) in [7, 11) is 0. The molecule has 1 aliphatic heterocycles. The van der Waals surface area contributed by atoms with Gasteiger partial charge >= 0.3 is 0 Å². The molecule has 1 unspecified atom stereocenters. The highest BCUT2D eigenvalue weighted by Gasteiger charge is 2.24. The van der Waals surface area contributed by atoms with Gasteiger partial charge in [0.05, 0.1) is 5.69 Å². The van der Waals surface area contributed by atoms with Crippen molar-refractivity contribution in [2.45, 2.75) is 32.4 Å². The summed E-state index contributed by atoms with van der Waals surface area (Å²) in [5.41, 5.74) is 6.97. The summed E-state index contributed by atoms with van der Waals surface area (Å²) in [6.45, 7) is 2.77. The molecule has 0 fully saturated rings. The van der Waals surface area contributed by atoms with E-state index in [4.69, 9.17) is 21.8 Å². The first kappa shape index (κ1) is 10.9. The number of aryl methyl sites for hydroxylation is 1. The van der Waals surface area contributed by atoms with Gasteiger partial charge in [-0.25, -0.2) is 4.98 Å². The molecule has 5 heteroatoms. The lowest BCUT2D eigenvalue weighted by atomic mass is 10.1. The first-order chi connectivity index (χ1) is 8.15. The number of hydrogen-bond donors (Lipinski definition) is 1. The Labute approximate surface area is 104 Å². The SMILES string of the molecule is Cc1ccc(-c2nc(Cl)c3n2CCC(N)C3)o1. The maximum absolute atomic E-state index is 6.16. The van der Waals surface area contributed by atoms with Crippen LogP contribution >= 0.6 is 11.6 Å². The lowest BCUT2D eigenvalue weighted by molar-refractivity contribution is 0.467. The third-order valence-corrected chi connectivity index (χ3v) is 3.47. The number of aromatic nitrogens is 2. The van der Waals surface area contributed by atoms with Crippen molar-refractivity contribution >= 4 is 11.6 Å². The Kier molecular flexibility index (Phi) is 2.49. The Balaban J connectivity index is 2.10. The lowest BCUT2D eigenvalue weighted by Crippen LogP contribution is -2.30. The number of hydrogen-bond acceptors (Lipinski definition) is 3. The zero-order valence-electron chi connectivity index (χ0n) is 9.61. The molecule has 0 saturated carbocycles. The minimum atomic E-state index is 0.183. The van der Waals surface area contributed by atoms with Crippen LogP contribution in [-0.2, 0) is 13.0 Å². The van der Waals surface area contributed by atoms with Gasteiger partial charge in [-0.2, -0.15) is 0 Å². The van der Waals surface area contributed by atoms with Gasteiger partial charge in [0, 0.05) is 19.0 Å². The molecule has 0 aromatic carbocycles. The third kappa shape index (κ3) is 1.77. The first-order valence-corrected chi connectivity index (χ1v) is 6.10. The Morgan fingerprint density at radius 3 is 3.06 bits per heavy atom. The molecule has 2 aromatic heterocycles. The molecule has 0 spiro atoms. The number of fused-ring (bicyclic) bond motifs is 1. The van der Waals surface area contributed by atoms with Crippen LogP contribution in [-0.4, -0.2) is 15.6 Å². The predicted molar refractivity (Wildman–Crippen MR) is 66.0 cm³/mol. The van der Waals surface area contributed by atoms with E-state index >= 15 is 0 Å². The van der Waals surface area contributed by atoms with Gasteiger partial charge in [0.25, 0.3) is 0 Å². The van der Waals surface area contributed by atoms with Crippen molar-refractivity contribution in [2.75, 3.05) is 0 Å². The first-order valence-electron chi connectivity index (χ1n) is 5.72. The van der Waals surface area contributed by atoms with Crippen LogP contribution in [0.5, 0.6) is 0 Å². The summed E-state index contributed by atoms with van der Waals surface area (Å²) < 4.78 is 7.72. The van der Waals surface area contributed by atoms with Crippen molar-refractivity contribution in [3.63, 3.8) is 0 Å². The van der Waals surface area contributed by atoms with Crippen LogP contribution in [0, 0.1) is 6.92 Å². The Morgan fingerprint density at radius 1 is 1.53 bits per heavy atom. The van der Waals surface area contributed by atoms with Crippen molar-refractivity contribution in [3.05, 3.63) is 28.7 Å². The average molecular weight is 252 g/mol. The van der Waals surface area contributed by atoms with E-state index in [0.717, 1.165) is 42.4 Å². The molecule has 1 aliphatic rings. The highest BCUT2D eigenvalue weighted by atomic mass is 35.5. The summed E-state index contributed by atoms with van der Waals surface area (Å²) >= 11 is 6.16. The molecule has 0 radical (unpaired) electrons. The minimum Gasteiger partial charge on any atom is -0.458 e. The lowest BCUT2D eigenvalue weighted by Gasteiger charge is -2.21. The molecular weight excluding hydrogens is 238 g/mol. The van der Waals surface area contributed by atoms with Gasteiger partial charge < -0.3 is 14.7 Å². The molecule has 0 amide bonds. The van der Waals surface area contributed by atoms with E-state index in [1.54, 1.807) is 0 Å². The molecule has 0 bridgehead atoms. The van der Waals surface area contributed by atoms with Crippen LogP contribution < -0.4 is 5.73 Å². The van der Waals surface area contributed by atoms with Crippen LogP contribution in [0.15, 0.2) is 16.5 Å². The van der Waals surface area contributed by atoms with Gasteiger partial charge in [-0.15, -0.1) is 0 Å². The molecule has 4 nitrogen and oxygen atoms in total. The van der Waals surface area contributed by atoms with E-state index < -0.39 is 0 Å². The highest BCUT2D eigenvalue weighted by molar-refractivity contribution is 6.30. The van der Waals surface area contributed by atoms with Crippen molar-refractivity contribution < 1.29 is 4.42 Å². The normalized spacial score (nSPS) is 19.4. The van der Waals surface area contributed by atoms with Gasteiger partial charge in [-0.3, -0.25) is 0 Å². The van der Waals surface area contributed by atoms with Gasteiger partial charge in [-0.1, -0.05) is 11.6 Å². The molecule has 2 aromatic rings. The number of nitrogens with zero attached hydrogens (tertiary/aromatic N) is 2. The molecule has 3 rings (SSSR count). The van der Waals surface area contributed by atoms with E-state index in [2.05, 4.69) is 9.55 Å². The minimum absolute atomic E-state index is 0.183. The Bertz CT molecular complexity index is 558. The summed E-state index contributed by atoms with van der Waals surface area (Å²) in [5, 5.41) is 0.546. The second kappa shape index (κ2) is 3.89. The van der Waals surface area contributed by atoms with Crippen molar-refractivity contribution in [2.24, 2.45) is 5.73 Å². The molecule has 0 saturated heterocycles. The molecule has 90 valence electrons. The van der Waals surface area contributed by atoms with Crippen LogP contribution in [0.1, 0.15) is 17.9 Å². The summed E-state index contributed by atoms with van der Waals surface area (Å²) in [5.74, 6) is 2.46. The molecule has 0 aliphatic carbocycles. The summed E-state index contributed by atoms with van der Waals surface area (Å²) in [6.07, 6.45) is 1.73. The van der Waals surface area contributed by atoms with E-state index in [1.165, 1.54) is 0 Å². The second-order valence-corrected chi connectivity index (χ2v) is 4.85. The van der Waals surface area contributed by atoms with Crippen LogP contribution in [0.25, 0.3) is 11.6 Å². The average Bonchev–Trinajstić information content (AvgIpc) is 2.84. The van der Waals surface area contributed by atoms with E-state index in [0.29, 0.717) is 5.15 Å². The van der Waals surface area contributed by atoms with Gasteiger partial charge in [0.1, 0.15) is 5.76 Å². The van der Waals surface area contributed by atoms with E-state index in [9.17, 15) is 0 Å². The van der Waals surface area contributed by atoms with Crippen molar-refractivity contribution in [1.29, 1.82) is 0 Å². The molecule has 3 heterocycles. The molecule has 2 N–H and O–H groups in total. The van der Waals surface area contributed by atoms with Crippen LogP contribution in [0.4, 0.5) is 0 Å². The fourth-order valence-electron chi connectivity index (χ4n) is 2.28. The maximum atomic E-state index is 6.16. The fourth-order valence-corrected chi connectivity index (χ4v) is 2.54. The number of furan rings is 1. The standard InChI is InChI=1S/C12H14ClN3O/c1-7-2-3-10(17-7)12-15-11(13)9-6-8(14)4-5-16(9)12/h2-3,8H,4-6,14H2,1H3. The highest BCUT2D eigenvalue weighted by Crippen LogP contribution is 2.30. The zero-order valence-corrected chi connectivity index (χ0v) is 10.4. The largest absolute Gasteiger partial charge is 0.458 e. The maximum Gasteiger partial charge on any atom is 0.177 e. The summed E-state index contributed by atoms with van der Waals surface area (Å²) in [6, 6.07) is 4.04. The molecular formula is C12H14ClN3O. The topological polar surface area (TPSA) is 57.0 Å². The van der Waals surface area contributed by atoms with Gasteiger partial charge in [0.2, 0.25) is 0 Å².